The zero-order valence-corrected chi connectivity index (χ0v) is 12.7. The second-order valence-corrected chi connectivity index (χ2v) is 4.57. The van der Waals surface area contributed by atoms with Gasteiger partial charge in [0.1, 0.15) is 11.6 Å². The molecule has 0 radical (unpaired) electrons. The zero-order chi connectivity index (χ0) is 15.1. The molecule has 21 heavy (non-hydrogen) atoms. The van der Waals surface area contributed by atoms with Gasteiger partial charge in [-0.05, 0) is 32.4 Å². The standard InChI is InChI=1S/C16H21N3O2/c1-4-20-14-8-12(3)6-7-13(14)9-18-15-10-17-11-16(19-15)21-5-2/h6-8,10-11H,4-5,9H2,1-3H3,(H,18,19). The first-order chi connectivity index (χ1) is 10.2. The highest BCUT2D eigenvalue weighted by Gasteiger charge is 2.05. The first-order valence-electron chi connectivity index (χ1n) is 7.14. The second-order valence-electron chi connectivity index (χ2n) is 4.57. The number of hydrogen-bond acceptors (Lipinski definition) is 5. The number of nitrogens with zero attached hydrogens (tertiary/aromatic N) is 2. The van der Waals surface area contributed by atoms with Crippen molar-refractivity contribution in [3.8, 4) is 11.6 Å². The van der Waals surface area contributed by atoms with Crippen LogP contribution in [0.3, 0.4) is 0 Å². The summed E-state index contributed by atoms with van der Waals surface area (Å²) in [6.45, 7) is 7.80. The van der Waals surface area contributed by atoms with Gasteiger partial charge in [-0.15, -0.1) is 0 Å². The van der Waals surface area contributed by atoms with Crippen molar-refractivity contribution in [3.63, 3.8) is 0 Å². The number of hydrogen-bond donors (Lipinski definition) is 1. The molecule has 1 aromatic heterocycles. The van der Waals surface area contributed by atoms with Crippen LogP contribution in [0.4, 0.5) is 5.82 Å². The monoisotopic (exact) mass is 287 g/mol. The Kier molecular flexibility index (Phi) is 5.37. The van der Waals surface area contributed by atoms with Crippen molar-refractivity contribution in [3.05, 3.63) is 41.7 Å². The van der Waals surface area contributed by atoms with Crippen LogP contribution in [0, 0.1) is 6.92 Å². The van der Waals surface area contributed by atoms with Gasteiger partial charge >= 0.3 is 0 Å². The van der Waals surface area contributed by atoms with E-state index in [4.69, 9.17) is 9.47 Å². The molecule has 0 fully saturated rings. The van der Waals surface area contributed by atoms with E-state index >= 15 is 0 Å². The van der Waals surface area contributed by atoms with Crippen molar-refractivity contribution in [2.45, 2.75) is 27.3 Å². The largest absolute Gasteiger partial charge is 0.494 e. The number of anilines is 1. The van der Waals surface area contributed by atoms with Crippen molar-refractivity contribution < 1.29 is 9.47 Å². The van der Waals surface area contributed by atoms with Crippen LogP contribution >= 0.6 is 0 Å². The summed E-state index contributed by atoms with van der Waals surface area (Å²) >= 11 is 0. The Morgan fingerprint density at radius 1 is 1.10 bits per heavy atom. The molecule has 1 heterocycles. The molecule has 0 unspecified atom stereocenters. The van der Waals surface area contributed by atoms with Gasteiger partial charge in [0.25, 0.3) is 0 Å². The van der Waals surface area contributed by atoms with Crippen LogP contribution in [0.15, 0.2) is 30.6 Å². The van der Waals surface area contributed by atoms with Gasteiger partial charge in [0.05, 0.1) is 25.6 Å². The van der Waals surface area contributed by atoms with Gasteiger partial charge in [-0.25, -0.2) is 0 Å². The Bertz CT molecular complexity index is 587. The van der Waals surface area contributed by atoms with E-state index in [2.05, 4.69) is 34.3 Å². The average Bonchev–Trinajstić information content (AvgIpc) is 2.48. The third-order valence-electron chi connectivity index (χ3n) is 2.89. The second kappa shape index (κ2) is 7.47. The molecule has 112 valence electrons. The summed E-state index contributed by atoms with van der Waals surface area (Å²) in [6.07, 6.45) is 3.28. The fourth-order valence-corrected chi connectivity index (χ4v) is 1.93. The first kappa shape index (κ1) is 15.1. The van der Waals surface area contributed by atoms with Gasteiger partial charge in [-0.2, -0.15) is 4.98 Å². The summed E-state index contributed by atoms with van der Waals surface area (Å²) in [7, 11) is 0. The molecule has 0 amide bonds. The lowest BCUT2D eigenvalue weighted by atomic mass is 10.1. The fourth-order valence-electron chi connectivity index (χ4n) is 1.93. The van der Waals surface area contributed by atoms with Gasteiger partial charge in [0, 0.05) is 12.1 Å². The topological polar surface area (TPSA) is 56.3 Å². The minimum Gasteiger partial charge on any atom is -0.494 e. The molecule has 0 atom stereocenters. The molecule has 0 spiro atoms. The molecule has 2 rings (SSSR count). The lowest BCUT2D eigenvalue weighted by Crippen LogP contribution is -2.06. The minimum absolute atomic E-state index is 0.524. The lowest BCUT2D eigenvalue weighted by molar-refractivity contribution is 0.325. The number of nitrogens with one attached hydrogen (secondary N) is 1. The van der Waals surface area contributed by atoms with Crippen LogP contribution in [0.5, 0.6) is 11.6 Å². The van der Waals surface area contributed by atoms with Crippen LogP contribution < -0.4 is 14.8 Å². The summed E-state index contributed by atoms with van der Waals surface area (Å²) in [5, 5.41) is 3.24. The number of benzene rings is 1. The van der Waals surface area contributed by atoms with E-state index in [9.17, 15) is 0 Å². The molecule has 0 aliphatic rings. The molecule has 0 saturated carbocycles. The summed E-state index contributed by atoms with van der Waals surface area (Å²) in [6, 6.07) is 6.18. The van der Waals surface area contributed by atoms with Gasteiger partial charge in [-0.3, -0.25) is 4.98 Å². The Hall–Kier alpha value is -2.30. The van der Waals surface area contributed by atoms with E-state index in [0.29, 0.717) is 31.5 Å². The van der Waals surface area contributed by atoms with Gasteiger partial charge < -0.3 is 14.8 Å². The van der Waals surface area contributed by atoms with Crippen molar-refractivity contribution in [2.24, 2.45) is 0 Å². The maximum Gasteiger partial charge on any atom is 0.234 e. The first-order valence-corrected chi connectivity index (χ1v) is 7.14. The SMILES string of the molecule is CCOc1cncc(NCc2ccc(C)cc2OCC)n1. The van der Waals surface area contributed by atoms with Crippen molar-refractivity contribution in [2.75, 3.05) is 18.5 Å². The van der Waals surface area contributed by atoms with Crippen LogP contribution in [0.1, 0.15) is 25.0 Å². The van der Waals surface area contributed by atoms with E-state index in [1.165, 1.54) is 5.56 Å². The third-order valence-corrected chi connectivity index (χ3v) is 2.89. The molecule has 0 aliphatic heterocycles. The zero-order valence-electron chi connectivity index (χ0n) is 12.7. The van der Waals surface area contributed by atoms with E-state index < -0.39 is 0 Å². The van der Waals surface area contributed by atoms with E-state index in [1.807, 2.05) is 19.9 Å². The van der Waals surface area contributed by atoms with Crippen LogP contribution in [0.25, 0.3) is 0 Å². The fraction of sp³-hybridized carbons (Fsp3) is 0.375. The van der Waals surface area contributed by atoms with Gasteiger partial charge in [0.15, 0.2) is 0 Å². The Labute approximate surface area is 125 Å². The molecular weight excluding hydrogens is 266 g/mol. The molecule has 0 bridgehead atoms. The quantitative estimate of drug-likeness (QED) is 0.847. The van der Waals surface area contributed by atoms with E-state index in [-0.39, 0.29) is 0 Å². The minimum atomic E-state index is 0.524. The molecule has 0 aliphatic carbocycles. The number of ether oxygens (including phenoxy) is 2. The Morgan fingerprint density at radius 2 is 1.90 bits per heavy atom. The summed E-state index contributed by atoms with van der Waals surface area (Å²) < 4.78 is 11.0. The smallest absolute Gasteiger partial charge is 0.234 e. The van der Waals surface area contributed by atoms with Crippen molar-refractivity contribution in [1.29, 1.82) is 0 Å². The third kappa shape index (κ3) is 4.34. The molecule has 1 N–H and O–H groups in total. The number of rotatable bonds is 7. The number of aromatic nitrogens is 2. The molecule has 5 heteroatoms. The number of aryl methyl sites for hydroxylation is 1. The maximum atomic E-state index is 5.67. The average molecular weight is 287 g/mol. The highest BCUT2D eigenvalue weighted by atomic mass is 16.5. The summed E-state index contributed by atoms with van der Waals surface area (Å²) in [4.78, 5) is 8.44. The predicted molar refractivity (Wildman–Crippen MR) is 82.9 cm³/mol. The Morgan fingerprint density at radius 3 is 2.67 bits per heavy atom. The van der Waals surface area contributed by atoms with Crippen molar-refractivity contribution in [1.82, 2.24) is 9.97 Å². The molecule has 1 aromatic carbocycles. The normalized spacial score (nSPS) is 10.2. The predicted octanol–water partition coefficient (Wildman–Crippen LogP) is 3.19. The van der Waals surface area contributed by atoms with E-state index in [1.54, 1.807) is 12.4 Å². The lowest BCUT2D eigenvalue weighted by Gasteiger charge is -2.12. The molecule has 2 aromatic rings. The molecule has 0 saturated heterocycles. The Balaban J connectivity index is 2.07. The molecule has 5 nitrogen and oxygen atoms in total. The van der Waals surface area contributed by atoms with Crippen LogP contribution in [0.2, 0.25) is 0 Å². The van der Waals surface area contributed by atoms with Gasteiger partial charge in [0.2, 0.25) is 5.88 Å². The van der Waals surface area contributed by atoms with Crippen LogP contribution in [-0.4, -0.2) is 23.2 Å². The maximum absolute atomic E-state index is 5.67. The van der Waals surface area contributed by atoms with E-state index in [0.717, 1.165) is 11.3 Å². The highest BCUT2D eigenvalue weighted by Crippen LogP contribution is 2.21. The summed E-state index contributed by atoms with van der Waals surface area (Å²) in [5.41, 5.74) is 2.27. The van der Waals surface area contributed by atoms with Crippen LogP contribution in [-0.2, 0) is 6.54 Å². The molecular formula is C16H21N3O2. The highest BCUT2D eigenvalue weighted by molar-refractivity contribution is 5.41. The van der Waals surface area contributed by atoms with Gasteiger partial charge in [-0.1, -0.05) is 12.1 Å². The van der Waals surface area contributed by atoms with Crippen molar-refractivity contribution >= 4 is 5.82 Å². The summed E-state index contributed by atoms with van der Waals surface area (Å²) in [5.74, 6) is 2.11.